The highest BCUT2D eigenvalue weighted by Crippen LogP contribution is 2.34. The number of carbonyl (C=O) groups excluding carboxylic acids is 1. The van der Waals surface area contributed by atoms with E-state index in [0.29, 0.717) is 19.8 Å². The first kappa shape index (κ1) is 24.3. The molecule has 0 radical (unpaired) electrons. The molecule has 6 heteroatoms. The monoisotopic (exact) mass is 457 g/mol. The lowest BCUT2D eigenvalue weighted by molar-refractivity contribution is -0.123. The summed E-state index contributed by atoms with van der Waals surface area (Å²) in [6.07, 6.45) is 9.08. The van der Waals surface area contributed by atoms with Crippen molar-refractivity contribution >= 4 is 5.91 Å². The number of benzene rings is 1. The Balaban J connectivity index is 1.29. The number of fused-ring (bicyclic) bond motifs is 1. The standard InChI is InChI=1S/C27H43N3O3/c1-21(2)27(23-10-11-24-25(18-23)33-17-7-16-32-24)28-26(31)20-30-13-6-12-29(14-15-30)19-22-8-4-3-5-9-22/h10-11,18,21-22,27H,3-9,12-17,19-20H2,1-2H3,(H,28,31). The number of nitrogens with one attached hydrogen (secondary N) is 1. The highest BCUT2D eigenvalue weighted by atomic mass is 16.5. The largest absolute Gasteiger partial charge is 0.490 e. The van der Waals surface area contributed by atoms with E-state index < -0.39 is 0 Å². The third kappa shape index (κ3) is 7.10. The van der Waals surface area contributed by atoms with Crippen LogP contribution in [0.4, 0.5) is 0 Å². The summed E-state index contributed by atoms with van der Waals surface area (Å²) in [5.74, 6) is 2.87. The van der Waals surface area contributed by atoms with Crippen LogP contribution in [-0.4, -0.2) is 68.2 Å². The van der Waals surface area contributed by atoms with Crippen LogP contribution >= 0.6 is 0 Å². The predicted octanol–water partition coefficient (Wildman–Crippen LogP) is 4.25. The molecular formula is C27H43N3O3. The molecule has 184 valence electrons. The SMILES string of the molecule is CC(C)C(NC(=O)CN1CCCN(CC2CCCCC2)CC1)c1ccc2c(c1)OCCCO2. The summed E-state index contributed by atoms with van der Waals surface area (Å²) in [4.78, 5) is 18.0. The first-order chi connectivity index (χ1) is 16.1. The minimum atomic E-state index is -0.0376. The second-order valence-electron chi connectivity index (χ2n) is 10.5. The van der Waals surface area contributed by atoms with Gasteiger partial charge in [0.25, 0.3) is 0 Å². The van der Waals surface area contributed by atoms with E-state index in [2.05, 4.69) is 35.0 Å². The van der Waals surface area contributed by atoms with Gasteiger partial charge in [-0.1, -0.05) is 39.2 Å². The second-order valence-corrected chi connectivity index (χ2v) is 10.5. The van der Waals surface area contributed by atoms with Crippen LogP contribution in [0.1, 0.15) is 70.4 Å². The Kier molecular flexibility index (Phi) is 8.90. The van der Waals surface area contributed by atoms with Crippen LogP contribution in [0.15, 0.2) is 18.2 Å². The molecule has 0 bridgehead atoms. The van der Waals surface area contributed by atoms with Crippen molar-refractivity contribution in [2.24, 2.45) is 11.8 Å². The molecule has 1 aliphatic carbocycles. The zero-order chi connectivity index (χ0) is 23.0. The summed E-state index contributed by atoms with van der Waals surface area (Å²) in [7, 11) is 0. The molecule has 3 aliphatic rings. The van der Waals surface area contributed by atoms with Crippen molar-refractivity contribution < 1.29 is 14.3 Å². The van der Waals surface area contributed by atoms with Crippen LogP contribution in [0.2, 0.25) is 0 Å². The maximum atomic E-state index is 13.0. The van der Waals surface area contributed by atoms with E-state index in [0.717, 1.165) is 55.5 Å². The molecule has 4 rings (SSSR count). The zero-order valence-electron chi connectivity index (χ0n) is 20.7. The summed E-state index contributed by atoms with van der Waals surface area (Å²) in [6.45, 7) is 11.6. The molecule has 2 aliphatic heterocycles. The van der Waals surface area contributed by atoms with Gasteiger partial charge in [0.2, 0.25) is 5.91 Å². The Bertz CT molecular complexity index is 763. The highest BCUT2D eigenvalue weighted by Gasteiger charge is 2.24. The van der Waals surface area contributed by atoms with Gasteiger partial charge in [-0.3, -0.25) is 9.69 Å². The van der Waals surface area contributed by atoms with Crippen molar-refractivity contribution in [3.8, 4) is 11.5 Å². The van der Waals surface area contributed by atoms with E-state index in [9.17, 15) is 4.79 Å². The fraction of sp³-hybridized carbons (Fsp3) is 0.741. The van der Waals surface area contributed by atoms with Crippen LogP contribution in [0, 0.1) is 11.8 Å². The van der Waals surface area contributed by atoms with Gasteiger partial charge in [0.1, 0.15) is 0 Å². The molecular weight excluding hydrogens is 414 g/mol. The minimum Gasteiger partial charge on any atom is -0.490 e. The maximum absolute atomic E-state index is 13.0. The van der Waals surface area contributed by atoms with Gasteiger partial charge >= 0.3 is 0 Å². The smallest absolute Gasteiger partial charge is 0.234 e. The fourth-order valence-corrected chi connectivity index (χ4v) is 5.53. The van der Waals surface area contributed by atoms with Crippen molar-refractivity contribution in [3.63, 3.8) is 0 Å². The molecule has 1 aromatic rings. The van der Waals surface area contributed by atoms with Crippen LogP contribution in [0.5, 0.6) is 11.5 Å². The van der Waals surface area contributed by atoms with Crippen LogP contribution in [0.25, 0.3) is 0 Å². The number of hydrogen-bond donors (Lipinski definition) is 1. The summed E-state index contributed by atoms with van der Waals surface area (Å²) in [5, 5.41) is 3.31. The Morgan fingerprint density at radius 3 is 2.45 bits per heavy atom. The molecule has 0 aromatic heterocycles. The Morgan fingerprint density at radius 2 is 1.67 bits per heavy atom. The number of rotatable bonds is 7. The van der Waals surface area contributed by atoms with Crippen molar-refractivity contribution in [1.29, 1.82) is 0 Å². The summed E-state index contributed by atoms with van der Waals surface area (Å²) >= 11 is 0. The van der Waals surface area contributed by atoms with Crippen LogP contribution in [0.3, 0.4) is 0 Å². The van der Waals surface area contributed by atoms with Gasteiger partial charge in [0, 0.05) is 26.1 Å². The fourth-order valence-electron chi connectivity index (χ4n) is 5.53. The molecule has 0 spiro atoms. The van der Waals surface area contributed by atoms with E-state index >= 15 is 0 Å². The molecule has 6 nitrogen and oxygen atoms in total. The summed E-state index contributed by atoms with van der Waals surface area (Å²) in [6, 6.07) is 6.05. The van der Waals surface area contributed by atoms with Gasteiger partial charge in [0.15, 0.2) is 11.5 Å². The van der Waals surface area contributed by atoms with E-state index in [1.807, 2.05) is 12.1 Å². The average molecular weight is 458 g/mol. The van der Waals surface area contributed by atoms with Crippen molar-refractivity contribution in [2.45, 2.75) is 64.8 Å². The lowest BCUT2D eigenvalue weighted by Crippen LogP contribution is -2.41. The van der Waals surface area contributed by atoms with Gasteiger partial charge in [0.05, 0.1) is 25.8 Å². The average Bonchev–Trinajstić information content (AvgIpc) is 3.18. The van der Waals surface area contributed by atoms with Gasteiger partial charge < -0.3 is 19.7 Å². The quantitative estimate of drug-likeness (QED) is 0.663. The molecule has 2 heterocycles. The number of nitrogens with zero attached hydrogens (tertiary/aromatic N) is 2. The summed E-state index contributed by atoms with van der Waals surface area (Å²) in [5.41, 5.74) is 1.08. The number of carbonyl (C=O) groups is 1. The molecule has 33 heavy (non-hydrogen) atoms. The molecule has 1 aromatic carbocycles. The third-order valence-electron chi connectivity index (χ3n) is 7.40. The van der Waals surface area contributed by atoms with Gasteiger partial charge in [-0.15, -0.1) is 0 Å². The second kappa shape index (κ2) is 12.1. The van der Waals surface area contributed by atoms with Crippen molar-refractivity contribution in [2.75, 3.05) is 52.5 Å². The highest BCUT2D eigenvalue weighted by molar-refractivity contribution is 5.78. The first-order valence-electron chi connectivity index (χ1n) is 13.2. The molecule has 1 saturated carbocycles. The van der Waals surface area contributed by atoms with Gasteiger partial charge in [-0.2, -0.15) is 0 Å². The molecule has 1 unspecified atom stereocenters. The number of ether oxygens (including phenoxy) is 2. The molecule has 1 atom stereocenters. The normalized spacial score (nSPS) is 21.9. The zero-order valence-corrected chi connectivity index (χ0v) is 20.7. The molecule has 2 fully saturated rings. The Hall–Kier alpha value is -1.79. The van der Waals surface area contributed by atoms with Gasteiger partial charge in [-0.05, 0) is 61.9 Å². The molecule has 1 amide bonds. The molecule has 1 N–H and O–H groups in total. The minimum absolute atomic E-state index is 0.0376. The first-order valence-corrected chi connectivity index (χ1v) is 13.2. The van der Waals surface area contributed by atoms with E-state index in [-0.39, 0.29) is 17.9 Å². The topological polar surface area (TPSA) is 54.0 Å². The van der Waals surface area contributed by atoms with E-state index in [1.54, 1.807) is 0 Å². The van der Waals surface area contributed by atoms with Gasteiger partial charge in [-0.25, -0.2) is 0 Å². The lowest BCUT2D eigenvalue weighted by Gasteiger charge is -2.29. The van der Waals surface area contributed by atoms with Crippen LogP contribution in [-0.2, 0) is 4.79 Å². The summed E-state index contributed by atoms with van der Waals surface area (Å²) < 4.78 is 11.6. The number of amides is 1. The van der Waals surface area contributed by atoms with E-state index in [1.165, 1.54) is 45.2 Å². The Labute approximate surface area is 200 Å². The predicted molar refractivity (Wildman–Crippen MR) is 132 cm³/mol. The maximum Gasteiger partial charge on any atom is 0.234 e. The Morgan fingerprint density at radius 1 is 0.939 bits per heavy atom. The number of hydrogen-bond acceptors (Lipinski definition) is 5. The van der Waals surface area contributed by atoms with Crippen molar-refractivity contribution in [1.82, 2.24) is 15.1 Å². The van der Waals surface area contributed by atoms with E-state index in [4.69, 9.17) is 9.47 Å². The van der Waals surface area contributed by atoms with Crippen molar-refractivity contribution in [3.05, 3.63) is 23.8 Å². The van der Waals surface area contributed by atoms with Crippen LogP contribution < -0.4 is 14.8 Å². The molecule has 1 saturated heterocycles. The lowest BCUT2D eigenvalue weighted by atomic mass is 9.89. The third-order valence-corrected chi connectivity index (χ3v) is 7.40.